The summed E-state index contributed by atoms with van der Waals surface area (Å²) >= 11 is 3.45. The van der Waals surface area contributed by atoms with Crippen LogP contribution < -0.4 is 10.5 Å². The van der Waals surface area contributed by atoms with Crippen LogP contribution in [0.3, 0.4) is 0 Å². The molecule has 0 heterocycles. The topological polar surface area (TPSA) is 35.2 Å². The molecule has 3 heteroatoms. The molecule has 2 atom stereocenters. The number of hydrogen-bond donors (Lipinski definition) is 1. The molecule has 2 unspecified atom stereocenters. The van der Waals surface area contributed by atoms with Crippen molar-refractivity contribution in [2.75, 3.05) is 0 Å². The van der Waals surface area contributed by atoms with Gasteiger partial charge in [0.25, 0.3) is 0 Å². The summed E-state index contributed by atoms with van der Waals surface area (Å²) in [5, 5.41) is 0. The van der Waals surface area contributed by atoms with E-state index in [2.05, 4.69) is 35.8 Å². The Morgan fingerprint density at radius 3 is 2.05 bits per heavy atom. The van der Waals surface area contributed by atoms with Gasteiger partial charge in [-0.05, 0) is 61.7 Å². The molecule has 0 radical (unpaired) electrons. The van der Waals surface area contributed by atoms with Crippen LogP contribution >= 0.6 is 15.9 Å². The Labute approximate surface area is 129 Å². The molecule has 0 aromatic heterocycles. The maximum atomic E-state index is 6.12. The van der Waals surface area contributed by atoms with Crippen molar-refractivity contribution in [3.05, 3.63) is 63.6 Å². The van der Waals surface area contributed by atoms with Crippen molar-refractivity contribution in [3.63, 3.8) is 0 Å². The van der Waals surface area contributed by atoms with Gasteiger partial charge in [0.15, 0.2) is 0 Å². The molecule has 0 saturated carbocycles. The van der Waals surface area contributed by atoms with Gasteiger partial charge >= 0.3 is 0 Å². The van der Waals surface area contributed by atoms with Crippen LogP contribution in [0.1, 0.15) is 29.7 Å². The highest BCUT2D eigenvalue weighted by molar-refractivity contribution is 9.10. The van der Waals surface area contributed by atoms with E-state index >= 15 is 0 Å². The van der Waals surface area contributed by atoms with Crippen LogP contribution in [0.15, 0.2) is 46.9 Å². The van der Waals surface area contributed by atoms with Crippen LogP contribution in [0.4, 0.5) is 0 Å². The Hall–Kier alpha value is -1.32. The summed E-state index contributed by atoms with van der Waals surface area (Å²) in [6, 6.07) is 14.2. The standard InChI is InChI=1S/C17H20BrNO/c1-11-8-12(2)10-16(9-11)20-17(13(3)19)14-4-6-15(18)7-5-14/h4-10,13,17H,19H2,1-3H3. The second-order valence-corrected chi connectivity index (χ2v) is 6.19. The van der Waals surface area contributed by atoms with Crippen LogP contribution in [0.2, 0.25) is 0 Å². The Morgan fingerprint density at radius 2 is 1.55 bits per heavy atom. The van der Waals surface area contributed by atoms with Crippen molar-refractivity contribution < 1.29 is 4.74 Å². The fourth-order valence-corrected chi connectivity index (χ4v) is 2.54. The van der Waals surface area contributed by atoms with Crippen LogP contribution in [0.5, 0.6) is 5.75 Å². The van der Waals surface area contributed by atoms with Crippen LogP contribution in [0, 0.1) is 13.8 Å². The molecule has 0 saturated heterocycles. The summed E-state index contributed by atoms with van der Waals surface area (Å²) in [5.41, 5.74) is 9.57. The second-order valence-electron chi connectivity index (χ2n) is 5.27. The van der Waals surface area contributed by atoms with Gasteiger partial charge in [0.1, 0.15) is 11.9 Å². The molecule has 0 amide bonds. The molecule has 2 nitrogen and oxygen atoms in total. The van der Waals surface area contributed by atoms with E-state index in [0.717, 1.165) is 15.8 Å². The first kappa shape index (κ1) is 15.1. The summed E-state index contributed by atoms with van der Waals surface area (Å²) in [5.74, 6) is 0.868. The molecule has 20 heavy (non-hydrogen) atoms. The highest BCUT2D eigenvalue weighted by Gasteiger charge is 2.18. The van der Waals surface area contributed by atoms with Gasteiger partial charge in [-0.1, -0.05) is 34.1 Å². The fraction of sp³-hybridized carbons (Fsp3) is 0.294. The first-order valence-electron chi connectivity index (χ1n) is 6.71. The lowest BCUT2D eigenvalue weighted by atomic mass is 10.0. The van der Waals surface area contributed by atoms with Crippen molar-refractivity contribution in [1.29, 1.82) is 0 Å². The molecular weight excluding hydrogens is 314 g/mol. The molecule has 2 N–H and O–H groups in total. The molecule has 0 aliphatic rings. The number of rotatable bonds is 4. The molecule has 0 bridgehead atoms. The quantitative estimate of drug-likeness (QED) is 0.891. The molecule has 2 aromatic rings. The van der Waals surface area contributed by atoms with Gasteiger partial charge < -0.3 is 10.5 Å². The van der Waals surface area contributed by atoms with E-state index < -0.39 is 0 Å². The number of benzene rings is 2. The minimum atomic E-state index is -0.149. The van der Waals surface area contributed by atoms with E-state index in [9.17, 15) is 0 Å². The zero-order valence-corrected chi connectivity index (χ0v) is 13.6. The Balaban J connectivity index is 2.27. The lowest BCUT2D eigenvalue weighted by Gasteiger charge is -2.23. The van der Waals surface area contributed by atoms with Crippen molar-refractivity contribution in [1.82, 2.24) is 0 Å². The minimum absolute atomic E-state index is 0.0861. The monoisotopic (exact) mass is 333 g/mol. The third-order valence-electron chi connectivity index (χ3n) is 3.13. The fourth-order valence-electron chi connectivity index (χ4n) is 2.28. The zero-order valence-electron chi connectivity index (χ0n) is 12.1. The summed E-state index contributed by atoms with van der Waals surface area (Å²) in [6.07, 6.45) is -0.149. The number of hydrogen-bond acceptors (Lipinski definition) is 2. The van der Waals surface area contributed by atoms with Gasteiger partial charge in [-0.15, -0.1) is 0 Å². The van der Waals surface area contributed by atoms with Gasteiger partial charge in [-0.3, -0.25) is 0 Å². The SMILES string of the molecule is Cc1cc(C)cc(OC(c2ccc(Br)cc2)C(C)N)c1. The highest BCUT2D eigenvalue weighted by atomic mass is 79.9. The average molecular weight is 334 g/mol. The minimum Gasteiger partial charge on any atom is -0.484 e. The van der Waals surface area contributed by atoms with Crippen molar-refractivity contribution in [2.24, 2.45) is 5.73 Å². The molecule has 106 valence electrons. The van der Waals surface area contributed by atoms with E-state index in [1.165, 1.54) is 11.1 Å². The molecule has 0 spiro atoms. The number of halogens is 1. The first-order valence-corrected chi connectivity index (χ1v) is 7.51. The molecular formula is C17H20BrNO. The van der Waals surface area contributed by atoms with Crippen LogP contribution in [0.25, 0.3) is 0 Å². The van der Waals surface area contributed by atoms with Crippen molar-refractivity contribution in [2.45, 2.75) is 32.9 Å². The van der Waals surface area contributed by atoms with Crippen LogP contribution in [-0.2, 0) is 0 Å². The van der Waals surface area contributed by atoms with Gasteiger partial charge in [0.2, 0.25) is 0 Å². The summed E-state index contributed by atoms with van der Waals surface area (Å²) in [4.78, 5) is 0. The summed E-state index contributed by atoms with van der Waals surface area (Å²) in [7, 11) is 0. The molecule has 0 aliphatic carbocycles. The lowest BCUT2D eigenvalue weighted by Crippen LogP contribution is -2.29. The van der Waals surface area contributed by atoms with E-state index in [4.69, 9.17) is 10.5 Å². The lowest BCUT2D eigenvalue weighted by molar-refractivity contribution is 0.180. The third kappa shape index (κ3) is 3.84. The summed E-state index contributed by atoms with van der Waals surface area (Å²) < 4.78 is 7.18. The number of ether oxygens (including phenoxy) is 1. The smallest absolute Gasteiger partial charge is 0.138 e. The highest BCUT2D eigenvalue weighted by Crippen LogP contribution is 2.27. The predicted octanol–water partition coefficient (Wildman–Crippen LogP) is 4.53. The van der Waals surface area contributed by atoms with Crippen molar-refractivity contribution >= 4 is 15.9 Å². The van der Waals surface area contributed by atoms with E-state index in [1.807, 2.05) is 43.3 Å². The van der Waals surface area contributed by atoms with Gasteiger partial charge in [0.05, 0.1) is 0 Å². The first-order chi connectivity index (χ1) is 9.45. The van der Waals surface area contributed by atoms with Crippen molar-refractivity contribution in [3.8, 4) is 5.75 Å². The van der Waals surface area contributed by atoms with Crippen LogP contribution in [-0.4, -0.2) is 6.04 Å². The third-order valence-corrected chi connectivity index (χ3v) is 3.66. The number of aryl methyl sites for hydroxylation is 2. The zero-order chi connectivity index (χ0) is 14.7. The average Bonchev–Trinajstić information content (AvgIpc) is 2.36. The maximum Gasteiger partial charge on any atom is 0.138 e. The van der Waals surface area contributed by atoms with Gasteiger partial charge in [-0.2, -0.15) is 0 Å². The second kappa shape index (κ2) is 6.42. The predicted molar refractivity (Wildman–Crippen MR) is 87.1 cm³/mol. The molecule has 0 fully saturated rings. The van der Waals surface area contributed by atoms with E-state index in [0.29, 0.717) is 0 Å². The number of nitrogens with two attached hydrogens (primary N) is 1. The largest absolute Gasteiger partial charge is 0.484 e. The normalized spacial score (nSPS) is 13.8. The molecule has 2 aromatic carbocycles. The Bertz CT molecular complexity index is 558. The maximum absolute atomic E-state index is 6.12. The summed E-state index contributed by atoms with van der Waals surface area (Å²) in [6.45, 7) is 6.11. The van der Waals surface area contributed by atoms with Gasteiger partial charge in [0, 0.05) is 10.5 Å². The van der Waals surface area contributed by atoms with E-state index in [-0.39, 0.29) is 12.1 Å². The molecule has 0 aliphatic heterocycles. The Morgan fingerprint density at radius 1 is 1.00 bits per heavy atom. The Kier molecular flexibility index (Phi) is 4.84. The van der Waals surface area contributed by atoms with Gasteiger partial charge in [-0.25, -0.2) is 0 Å². The molecule has 2 rings (SSSR count). The van der Waals surface area contributed by atoms with E-state index in [1.54, 1.807) is 0 Å².